The summed E-state index contributed by atoms with van der Waals surface area (Å²) in [4.78, 5) is 71.2. The maximum absolute atomic E-state index is 11.6. The van der Waals surface area contributed by atoms with E-state index < -0.39 is 0 Å². The smallest absolute Gasteiger partial charge is 0.222 e. The average molecular weight is 1160 g/mol. The molecule has 0 aliphatic rings. The van der Waals surface area contributed by atoms with Gasteiger partial charge in [-0.15, -0.1) is 0 Å². The third-order valence-electron chi connectivity index (χ3n) is 12.4. The molecular weight excluding hydrogens is 1090 g/mol. The summed E-state index contributed by atoms with van der Waals surface area (Å²) in [5.74, 6) is 0.355. The monoisotopic (exact) mass is 1160 g/mol. The Morgan fingerprint density at radius 2 is 0.825 bits per heavy atom. The first kappa shape index (κ1) is 65.1. The Morgan fingerprint density at radius 1 is 0.463 bits per heavy atom. The summed E-state index contributed by atoms with van der Waals surface area (Å²) in [5.41, 5.74) is 34.0. The van der Waals surface area contributed by atoms with Crippen LogP contribution in [0.2, 0.25) is 20.4 Å². The molecule has 0 spiro atoms. The van der Waals surface area contributed by atoms with Gasteiger partial charge in [-0.3, -0.25) is 19.2 Å². The highest BCUT2D eigenvalue weighted by atomic mass is 35.5. The lowest BCUT2D eigenvalue weighted by Gasteiger charge is -2.10. The van der Waals surface area contributed by atoms with E-state index in [1.807, 2.05) is 116 Å². The van der Waals surface area contributed by atoms with E-state index in [-0.39, 0.29) is 68.9 Å². The van der Waals surface area contributed by atoms with Crippen molar-refractivity contribution in [1.82, 2.24) is 29.9 Å². The first-order valence-electron chi connectivity index (χ1n) is 25.1. The molecule has 3 heterocycles. The zero-order valence-electron chi connectivity index (χ0n) is 43.3. The lowest BCUT2D eigenvalue weighted by Crippen LogP contribution is -2.15. The lowest BCUT2D eigenvalue weighted by molar-refractivity contribution is -0.118. The van der Waals surface area contributed by atoms with E-state index in [1.54, 1.807) is 25.4 Å². The number of primary amides is 3. The molecule has 14 nitrogen and oxygen atoms in total. The average Bonchev–Trinajstić information content (AvgIpc) is 3.40. The molecule has 0 saturated heterocycles. The van der Waals surface area contributed by atoms with E-state index in [1.165, 1.54) is 6.20 Å². The Kier molecular flexibility index (Phi) is 26.5. The van der Waals surface area contributed by atoms with Gasteiger partial charge in [0.15, 0.2) is 5.78 Å². The fraction of sp³-hybridized carbons (Fsp3) is 0.258. The number of hydrogen-bond donors (Lipinski definition) is 4. The second kappa shape index (κ2) is 32.6. The number of Topliss-reactive ketones (excluding diaryl/α,β-unsaturated/α-hetero) is 1. The minimum absolute atomic E-state index is 0. The molecule has 3 aromatic heterocycles. The maximum Gasteiger partial charge on any atom is 0.222 e. The predicted molar refractivity (Wildman–Crippen MR) is 321 cm³/mol. The Labute approximate surface area is 489 Å². The summed E-state index contributed by atoms with van der Waals surface area (Å²) in [5, 5.41) is 1.72. The van der Waals surface area contributed by atoms with Gasteiger partial charge in [0, 0.05) is 36.8 Å². The molecule has 1 unspecified atom stereocenters. The highest BCUT2D eigenvalue weighted by Gasteiger charge is 2.14. The van der Waals surface area contributed by atoms with Gasteiger partial charge in [-0.25, -0.2) is 29.9 Å². The molecule has 80 heavy (non-hydrogen) atoms. The molecule has 0 aliphatic carbocycles. The number of amides is 3. The molecule has 1 atom stereocenters. The molecule has 0 bridgehead atoms. The molecule has 8 rings (SSSR count). The van der Waals surface area contributed by atoms with Gasteiger partial charge in [-0.05, 0) is 120 Å². The van der Waals surface area contributed by atoms with Crippen LogP contribution >= 0.6 is 46.4 Å². The zero-order valence-corrected chi connectivity index (χ0v) is 46.3. The first-order chi connectivity index (χ1) is 37.4. The summed E-state index contributed by atoms with van der Waals surface area (Å²) in [6, 6.07) is 38.8. The van der Waals surface area contributed by atoms with E-state index >= 15 is 0 Å². The Bertz CT molecular complexity index is 3380. The van der Waals surface area contributed by atoms with Crippen LogP contribution in [0.1, 0.15) is 124 Å². The number of benzene rings is 5. The van der Waals surface area contributed by atoms with Crippen molar-refractivity contribution in [2.24, 2.45) is 22.9 Å². The van der Waals surface area contributed by atoms with Gasteiger partial charge in [0.25, 0.3) is 0 Å². The molecule has 5 aromatic carbocycles. The van der Waals surface area contributed by atoms with Crippen LogP contribution in [-0.4, -0.2) is 53.4 Å². The summed E-state index contributed by atoms with van der Waals surface area (Å²) < 4.78 is 0. The molecule has 0 radical (unpaired) electrons. The van der Waals surface area contributed by atoms with Gasteiger partial charge in [0.05, 0.1) is 57.6 Å². The highest BCUT2D eigenvalue weighted by Crippen LogP contribution is 2.23. The van der Waals surface area contributed by atoms with Crippen molar-refractivity contribution in [3.8, 4) is 0 Å². The van der Waals surface area contributed by atoms with Crippen LogP contribution in [0.4, 0.5) is 0 Å². The van der Waals surface area contributed by atoms with Crippen LogP contribution < -0.4 is 22.9 Å². The van der Waals surface area contributed by atoms with Gasteiger partial charge in [0.1, 0.15) is 11.6 Å². The Morgan fingerprint density at radius 3 is 1.21 bits per heavy atom. The number of rotatable bonds is 21. The van der Waals surface area contributed by atoms with Crippen LogP contribution in [0.5, 0.6) is 0 Å². The van der Waals surface area contributed by atoms with E-state index in [9.17, 15) is 19.2 Å². The third kappa shape index (κ3) is 21.0. The number of carbonyl (C=O) groups excluding carboxylic acids is 4. The van der Waals surface area contributed by atoms with Crippen molar-refractivity contribution < 1.29 is 19.2 Å². The minimum Gasteiger partial charge on any atom is -0.369 e. The number of nitrogens with two attached hydrogens (primary N) is 4. The lowest BCUT2D eigenvalue weighted by atomic mass is 9.99. The van der Waals surface area contributed by atoms with Crippen molar-refractivity contribution in [3.63, 3.8) is 0 Å². The number of aryl methyl sites for hydroxylation is 6. The number of nitrogens with zero attached hydrogens (tertiary/aromatic N) is 6. The fourth-order valence-electron chi connectivity index (χ4n) is 8.46. The normalized spacial score (nSPS) is 10.8. The third-order valence-corrected chi connectivity index (χ3v) is 13.5. The quantitative estimate of drug-likeness (QED) is 0.0389. The standard InChI is InChI=1S/C23H25ClN4O.C23H22ClN3O2.C14H13Cl2N3O.2CH4/c1-15(25)18-8-4-5-16(11-18)12-23-27-14-20(24)21(28-23)10-9-17-6-2-3-7-19(17)13-22(26)29;1-15(28)18-8-4-5-16(11-18)12-23-26-14-20(24)21(27-23)10-9-17-6-2-3-7-19(17)13-22(25)29;15-11-8-18-14(16)19-12(11)6-5-9-3-1-2-4-10(9)7-13(17)20;;/h2-8,11,14-15H,9-10,12-13,25H2,1H3,(H2,26,29);2-8,11,14H,9-10,12-13H2,1H3,(H2,25,29);1-4,8H,5-7H2,(H2,17,20);2*1H4. The molecule has 8 N–H and O–H groups in total. The zero-order chi connectivity index (χ0) is 56.1. The predicted octanol–water partition coefficient (Wildman–Crippen LogP) is 11.2. The maximum atomic E-state index is 11.6. The SMILES string of the molecule is C.C.CC(=O)c1cccc(Cc2ncc(Cl)c(CCc3ccccc3CC(N)=O)n2)c1.CC(N)c1cccc(Cc2ncc(Cl)c(CCc3ccccc3CC(N)=O)n2)c1.NC(=O)Cc1ccccc1CCc1nc(Cl)ncc1Cl. The van der Waals surface area contributed by atoms with Crippen LogP contribution in [0.15, 0.2) is 140 Å². The van der Waals surface area contributed by atoms with Gasteiger partial charge >= 0.3 is 0 Å². The van der Waals surface area contributed by atoms with E-state index in [4.69, 9.17) is 69.3 Å². The number of carbonyl (C=O) groups is 4. The summed E-state index contributed by atoms with van der Waals surface area (Å²) in [6.07, 6.45) is 10.6. The van der Waals surface area contributed by atoms with Crippen molar-refractivity contribution in [2.75, 3.05) is 0 Å². The Balaban J connectivity index is 0.000000260. The number of ketones is 1. The fourth-order valence-corrected chi connectivity index (χ4v) is 9.16. The van der Waals surface area contributed by atoms with Gasteiger partial charge in [-0.2, -0.15) is 0 Å². The van der Waals surface area contributed by atoms with Crippen molar-refractivity contribution in [1.29, 1.82) is 0 Å². The number of halogens is 4. The minimum atomic E-state index is -0.354. The van der Waals surface area contributed by atoms with Gasteiger partial charge in [-0.1, -0.05) is 165 Å². The Hall–Kier alpha value is -7.46. The van der Waals surface area contributed by atoms with Gasteiger partial charge in [0.2, 0.25) is 23.0 Å². The topological polar surface area (TPSA) is 250 Å². The van der Waals surface area contributed by atoms with Crippen LogP contribution in [0.3, 0.4) is 0 Å². The highest BCUT2D eigenvalue weighted by molar-refractivity contribution is 6.32. The van der Waals surface area contributed by atoms with Crippen molar-refractivity contribution in [3.05, 3.63) is 245 Å². The van der Waals surface area contributed by atoms with Crippen LogP contribution in [0, 0.1) is 0 Å². The second-order valence-corrected chi connectivity index (χ2v) is 20.0. The summed E-state index contributed by atoms with van der Waals surface area (Å²) in [6.45, 7) is 3.51. The van der Waals surface area contributed by atoms with Crippen molar-refractivity contribution in [2.45, 2.75) is 105 Å². The molecule has 0 aliphatic heterocycles. The largest absolute Gasteiger partial charge is 0.369 e. The molecule has 0 fully saturated rings. The first-order valence-corrected chi connectivity index (χ1v) is 26.6. The molecule has 418 valence electrons. The van der Waals surface area contributed by atoms with Gasteiger partial charge < -0.3 is 22.9 Å². The second-order valence-electron chi connectivity index (χ2n) is 18.5. The van der Waals surface area contributed by atoms with Crippen LogP contribution in [0.25, 0.3) is 0 Å². The van der Waals surface area contributed by atoms with E-state index in [0.717, 1.165) is 73.7 Å². The molecular formula is C62H68Cl4N10O4. The molecule has 8 aromatic rings. The molecule has 18 heteroatoms. The number of aromatic nitrogens is 6. The molecule has 0 saturated carbocycles. The summed E-state index contributed by atoms with van der Waals surface area (Å²) in [7, 11) is 0. The number of hydrogen-bond acceptors (Lipinski definition) is 11. The molecule has 3 amide bonds. The summed E-state index contributed by atoms with van der Waals surface area (Å²) >= 11 is 24.4. The van der Waals surface area contributed by atoms with E-state index in [2.05, 4.69) is 36.0 Å². The van der Waals surface area contributed by atoms with Crippen molar-refractivity contribution >= 4 is 69.9 Å². The van der Waals surface area contributed by atoms with E-state index in [0.29, 0.717) is 77.1 Å². The van der Waals surface area contributed by atoms with Crippen LogP contribution in [-0.2, 0) is 85.0 Å².